The first-order valence-electron chi connectivity index (χ1n) is 16.2. The zero-order valence-electron chi connectivity index (χ0n) is 25.6. The van der Waals surface area contributed by atoms with Crippen LogP contribution in [0.5, 0.6) is 0 Å². The Balaban J connectivity index is 0.000000134. The van der Waals surface area contributed by atoms with E-state index < -0.39 is 35.6 Å². The summed E-state index contributed by atoms with van der Waals surface area (Å²) in [5, 5.41) is 18.4. The van der Waals surface area contributed by atoms with Crippen LogP contribution in [-0.4, -0.2) is 59.2 Å². The van der Waals surface area contributed by atoms with Crippen LogP contribution in [0.3, 0.4) is 0 Å². The molecule has 3 saturated carbocycles. The molecule has 6 unspecified atom stereocenters. The molecule has 0 aromatic heterocycles. The molecule has 4 fully saturated rings. The van der Waals surface area contributed by atoms with E-state index in [1.807, 2.05) is 24.3 Å². The van der Waals surface area contributed by atoms with E-state index in [2.05, 4.69) is 16.9 Å². The van der Waals surface area contributed by atoms with Crippen molar-refractivity contribution in [3.05, 3.63) is 36.5 Å². The second kappa shape index (κ2) is 13.7. The molecular formula is C34H42O11. The number of carboxylic acid groups (broad SMARTS) is 2. The van der Waals surface area contributed by atoms with Gasteiger partial charge in [-0.05, 0) is 87.9 Å². The monoisotopic (exact) mass is 626 g/mol. The highest BCUT2D eigenvalue weighted by Gasteiger charge is 2.55. The summed E-state index contributed by atoms with van der Waals surface area (Å²) >= 11 is 0. The molecule has 12 atom stereocenters. The minimum Gasteiger partial charge on any atom is -0.481 e. The van der Waals surface area contributed by atoms with Gasteiger partial charge >= 0.3 is 35.8 Å². The second-order valence-corrected chi connectivity index (χ2v) is 12.9. The first-order valence-corrected chi connectivity index (χ1v) is 16.2. The molecule has 9 aliphatic carbocycles. The van der Waals surface area contributed by atoms with E-state index in [4.69, 9.17) is 9.47 Å². The van der Waals surface area contributed by atoms with Crippen molar-refractivity contribution in [1.82, 2.24) is 0 Å². The summed E-state index contributed by atoms with van der Waals surface area (Å²) in [5.74, 6) is -4.92. The number of aliphatic carboxylic acids is 2. The summed E-state index contributed by atoms with van der Waals surface area (Å²) in [5.41, 5.74) is 0. The van der Waals surface area contributed by atoms with Gasteiger partial charge < -0.3 is 24.4 Å². The summed E-state index contributed by atoms with van der Waals surface area (Å²) in [7, 11) is 0. The van der Waals surface area contributed by atoms with E-state index in [9.17, 15) is 39.0 Å². The Morgan fingerprint density at radius 2 is 0.867 bits per heavy atom. The van der Waals surface area contributed by atoms with Gasteiger partial charge in [-0.2, -0.15) is 0 Å². The molecule has 0 spiro atoms. The predicted molar refractivity (Wildman–Crippen MR) is 157 cm³/mol. The first kappa shape index (κ1) is 32.6. The van der Waals surface area contributed by atoms with Crippen LogP contribution >= 0.6 is 0 Å². The number of hydrogen-bond acceptors (Lipinski definition) is 9. The number of allylic oxidation sites excluding steroid dienone is 6. The normalized spacial score (nSPS) is 39.1. The van der Waals surface area contributed by atoms with E-state index in [-0.39, 0.29) is 71.2 Å². The van der Waals surface area contributed by atoms with Crippen LogP contribution < -0.4 is 0 Å². The average Bonchev–Trinajstić information content (AvgIpc) is 3.38. The molecule has 11 nitrogen and oxygen atoms in total. The van der Waals surface area contributed by atoms with Gasteiger partial charge in [0.2, 0.25) is 0 Å². The van der Waals surface area contributed by atoms with Gasteiger partial charge in [0.15, 0.2) is 0 Å². The fourth-order valence-electron chi connectivity index (χ4n) is 8.65. The molecule has 244 valence electrons. The smallest absolute Gasteiger partial charge is 0.318 e. The van der Waals surface area contributed by atoms with Crippen molar-refractivity contribution in [2.75, 3.05) is 13.2 Å². The highest BCUT2D eigenvalue weighted by atomic mass is 16.6. The lowest BCUT2D eigenvalue weighted by molar-refractivity contribution is -0.163. The zero-order valence-corrected chi connectivity index (χ0v) is 25.6. The quantitative estimate of drug-likeness (QED) is 0.190. The summed E-state index contributed by atoms with van der Waals surface area (Å²) in [6.45, 7) is 4.10. The van der Waals surface area contributed by atoms with Gasteiger partial charge in [-0.3, -0.25) is 28.8 Å². The van der Waals surface area contributed by atoms with Crippen LogP contribution in [0.25, 0.3) is 0 Å². The van der Waals surface area contributed by atoms with Gasteiger partial charge in [0.05, 0.1) is 48.7 Å². The fraction of sp³-hybridized carbons (Fsp3) is 0.647. The molecule has 0 aromatic carbocycles. The summed E-state index contributed by atoms with van der Waals surface area (Å²) in [6.07, 6.45) is 17.6. The number of ether oxygens (including phenoxy) is 3. The lowest BCUT2D eigenvalue weighted by atomic mass is 9.62. The van der Waals surface area contributed by atoms with E-state index in [0.29, 0.717) is 13.2 Å². The Labute approximate surface area is 262 Å². The molecule has 1 aliphatic heterocycles. The maximum absolute atomic E-state index is 11.8. The lowest BCUT2D eigenvalue weighted by Crippen LogP contribution is -2.45. The largest absolute Gasteiger partial charge is 0.481 e. The minimum atomic E-state index is -0.878. The second-order valence-electron chi connectivity index (χ2n) is 12.9. The van der Waals surface area contributed by atoms with Crippen molar-refractivity contribution in [2.24, 2.45) is 71.0 Å². The van der Waals surface area contributed by atoms with Gasteiger partial charge in [-0.15, -0.1) is 0 Å². The van der Waals surface area contributed by atoms with Crippen LogP contribution in [0.1, 0.15) is 52.4 Å². The number of cyclic esters (lactones) is 2. The first-order chi connectivity index (χ1) is 21.6. The number of esters is 4. The SMILES string of the molecule is CCOC(=O)C1C2C=CC(CC2)C1C(=O)O.CCOC(=O)[C@@H]1[C@@H](C(=O)O)[C@H]2C=C[C@@H]1CC2.O=C1OC(=O)[C@H]2C3C=CC(CC3)[C@@H]12. The lowest BCUT2D eigenvalue weighted by Gasteiger charge is -2.41. The fourth-order valence-corrected chi connectivity index (χ4v) is 8.65. The van der Waals surface area contributed by atoms with Crippen molar-refractivity contribution in [2.45, 2.75) is 52.4 Å². The molecule has 2 N–H and O–H groups in total. The third-order valence-electron chi connectivity index (χ3n) is 10.7. The Hall–Kier alpha value is -3.76. The van der Waals surface area contributed by atoms with Crippen molar-refractivity contribution < 1.29 is 53.2 Å². The minimum absolute atomic E-state index is 0.00286. The van der Waals surface area contributed by atoms with E-state index in [1.54, 1.807) is 13.8 Å². The highest BCUT2D eigenvalue weighted by molar-refractivity contribution is 5.97. The molecule has 1 heterocycles. The van der Waals surface area contributed by atoms with Crippen molar-refractivity contribution >= 4 is 35.8 Å². The average molecular weight is 627 g/mol. The molecule has 1 saturated heterocycles. The van der Waals surface area contributed by atoms with Crippen LogP contribution in [0.4, 0.5) is 0 Å². The van der Waals surface area contributed by atoms with Crippen molar-refractivity contribution in [3.63, 3.8) is 0 Å². The van der Waals surface area contributed by atoms with Gasteiger partial charge in [0.1, 0.15) is 0 Å². The summed E-state index contributed by atoms with van der Waals surface area (Å²) in [6, 6.07) is 0. The van der Waals surface area contributed by atoms with Crippen LogP contribution in [0.2, 0.25) is 0 Å². The zero-order chi connectivity index (χ0) is 32.4. The molecule has 0 amide bonds. The summed E-state index contributed by atoms with van der Waals surface area (Å²) in [4.78, 5) is 68.7. The van der Waals surface area contributed by atoms with Crippen LogP contribution in [0.15, 0.2) is 36.5 Å². The van der Waals surface area contributed by atoms with Crippen LogP contribution in [-0.2, 0) is 43.0 Å². The van der Waals surface area contributed by atoms with Gasteiger partial charge in [0, 0.05) is 0 Å². The van der Waals surface area contributed by atoms with E-state index >= 15 is 0 Å². The maximum Gasteiger partial charge on any atom is 0.318 e. The topological polar surface area (TPSA) is 171 Å². The molecule has 10 aliphatic rings. The molecule has 10 rings (SSSR count). The van der Waals surface area contributed by atoms with Gasteiger partial charge in [-0.25, -0.2) is 0 Å². The number of carbonyl (C=O) groups excluding carboxylic acids is 4. The molecule has 0 aromatic rings. The standard InChI is InChI=1S/2C12H16O4.C10H10O3/c2*1-2-16-12(15)10-8-5-3-7(4-6-8)9(10)11(13)14;11-9-7-5-1-2-6(4-3-5)8(7)10(12)13-9/h2*3,5,7-10H,2,4,6H2,1H3,(H,13,14);1-2,5-8H,3-4H2/t7-,8+,9-,10-;;5?,6?,7-,8+/m0../s1. The molecule has 45 heavy (non-hydrogen) atoms. The third-order valence-corrected chi connectivity index (χ3v) is 10.7. The van der Waals surface area contributed by atoms with Gasteiger partial charge in [0.25, 0.3) is 0 Å². The molecule has 0 radical (unpaired) electrons. The Kier molecular flexibility index (Phi) is 9.94. The number of carbonyl (C=O) groups is 6. The Morgan fingerprint density at radius 1 is 0.578 bits per heavy atom. The number of hydrogen-bond donors (Lipinski definition) is 2. The number of carboxylic acids is 2. The van der Waals surface area contributed by atoms with Crippen molar-refractivity contribution in [3.8, 4) is 0 Å². The third kappa shape index (κ3) is 6.35. The summed E-state index contributed by atoms with van der Waals surface area (Å²) < 4.78 is 14.6. The number of rotatable bonds is 6. The van der Waals surface area contributed by atoms with E-state index in [1.165, 1.54) is 0 Å². The molecule has 11 heteroatoms. The maximum atomic E-state index is 11.8. The van der Waals surface area contributed by atoms with E-state index in [0.717, 1.165) is 38.5 Å². The Bertz CT molecular complexity index is 1200. The van der Waals surface area contributed by atoms with Crippen LogP contribution in [0, 0.1) is 71.0 Å². The van der Waals surface area contributed by atoms with Gasteiger partial charge in [-0.1, -0.05) is 36.5 Å². The van der Waals surface area contributed by atoms with Crippen molar-refractivity contribution in [1.29, 1.82) is 0 Å². The molecule has 6 bridgehead atoms. The Morgan fingerprint density at radius 3 is 1.13 bits per heavy atom. The number of fused-ring (bicyclic) bond motifs is 5. The molecular weight excluding hydrogens is 584 g/mol. The highest BCUT2D eigenvalue weighted by Crippen LogP contribution is 2.49. The predicted octanol–water partition coefficient (Wildman–Crippen LogP) is 3.82.